The third-order valence-electron chi connectivity index (χ3n) is 4.68. The van der Waals surface area contributed by atoms with Crippen molar-refractivity contribution in [2.45, 2.75) is 51.2 Å². The van der Waals surface area contributed by atoms with Crippen molar-refractivity contribution in [1.82, 2.24) is 9.78 Å². The number of aryl methyl sites for hydroxylation is 1. The van der Waals surface area contributed by atoms with E-state index in [1.54, 1.807) is 0 Å². The Morgan fingerprint density at radius 2 is 2.38 bits per heavy atom. The van der Waals surface area contributed by atoms with Crippen molar-refractivity contribution < 1.29 is 14.6 Å². The summed E-state index contributed by atoms with van der Waals surface area (Å²) in [5.74, 6) is 1.45. The molecule has 2 aliphatic heterocycles. The first kappa shape index (κ1) is 14.9. The molecule has 6 heteroatoms. The van der Waals surface area contributed by atoms with E-state index in [4.69, 9.17) is 9.84 Å². The van der Waals surface area contributed by atoms with Gasteiger partial charge in [-0.3, -0.25) is 9.48 Å². The maximum Gasteiger partial charge on any atom is 0.307 e. The van der Waals surface area contributed by atoms with Crippen molar-refractivity contribution in [3.63, 3.8) is 0 Å². The first-order valence-electron chi connectivity index (χ1n) is 7.49. The Bertz CT molecular complexity index is 549. The topological polar surface area (TPSA) is 64.4 Å². The smallest absolute Gasteiger partial charge is 0.307 e. The zero-order chi connectivity index (χ0) is 15.0. The molecule has 2 saturated heterocycles. The molecule has 1 spiro atoms. The maximum absolute atomic E-state index is 11.0. The highest BCUT2D eigenvalue weighted by Crippen LogP contribution is 2.42. The lowest BCUT2D eigenvalue weighted by atomic mass is 9.90. The molecule has 0 radical (unpaired) electrons. The molecule has 2 aliphatic rings. The number of rotatable bonds is 3. The van der Waals surface area contributed by atoms with Crippen molar-refractivity contribution in [3.8, 4) is 0 Å². The van der Waals surface area contributed by atoms with Crippen LogP contribution in [0.2, 0.25) is 0 Å². The van der Waals surface area contributed by atoms with Crippen LogP contribution in [0.4, 0.5) is 0 Å². The maximum atomic E-state index is 11.0. The minimum Gasteiger partial charge on any atom is -0.481 e. The van der Waals surface area contributed by atoms with Crippen LogP contribution < -0.4 is 0 Å². The summed E-state index contributed by atoms with van der Waals surface area (Å²) in [5.41, 5.74) is 2.73. The van der Waals surface area contributed by atoms with Crippen molar-refractivity contribution in [3.05, 3.63) is 17.0 Å². The summed E-state index contributed by atoms with van der Waals surface area (Å²) in [5, 5.41) is 13.7. The molecule has 116 valence electrons. The van der Waals surface area contributed by atoms with Gasteiger partial charge in [-0.1, -0.05) is 0 Å². The summed E-state index contributed by atoms with van der Waals surface area (Å²) in [6.45, 7) is 4.67. The molecule has 1 aromatic rings. The molecular formula is C15H22N2O3S. The third-order valence-corrected chi connectivity index (χ3v) is 5.91. The lowest BCUT2D eigenvalue weighted by Crippen LogP contribution is -2.41. The molecule has 1 N–H and O–H groups in total. The van der Waals surface area contributed by atoms with Crippen LogP contribution in [0.15, 0.2) is 0 Å². The second-order valence-electron chi connectivity index (χ2n) is 6.15. The molecule has 0 amide bonds. The van der Waals surface area contributed by atoms with Crippen LogP contribution >= 0.6 is 11.8 Å². The van der Waals surface area contributed by atoms with E-state index in [2.05, 4.69) is 9.78 Å². The fourth-order valence-corrected chi connectivity index (χ4v) is 4.91. The molecule has 2 unspecified atom stereocenters. The second-order valence-corrected chi connectivity index (χ2v) is 7.25. The summed E-state index contributed by atoms with van der Waals surface area (Å²) in [7, 11) is 0. The molecule has 5 nitrogen and oxygen atoms in total. The van der Waals surface area contributed by atoms with E-state index < -0.39 is 5.97 Å². The van der Waals surface area contributed by atoms with Gasteiger partial charge in [0.2, 0.25) is 0 Å². The average molecular weight is 310 g/mol. The zero-order valence-electron chi connectivity index (χ0n) is 12.6. The van der Waals surface area contributed by atoms with Gasteiger partial charge in [-0.2, -0.15) is 16.9 Å². The number of ether oxygens (including phenoxy) is 1. The molecule has 3 heterocycles. The summed E-state index contributed by atoms with van der Waals surface area (Å²) in [6.07, 6.45) is 3.13. The predicted octanol–water partition coefficient (Wildman–Crippen LogP) is 2.35. The van der Waals surface area contributed by atoms with Crippen LogP contribution in [0.25, 0.3) is 0 Å². The Morgan fingerprint density at radius 1 is 1.57 bits per heavy atom. The molecule has 3 rings (SSSR count). The fourth-order valence-electron chi connectivity index (χ4n) is 3.53. The number of aromatic nitrogens is 2. The Labute approximate surface area is 129 Å². The molecule has 2 atom stereocenters. The van der Waals surface area contributed by atoms with Crippen LogP contribution in [0.3, 0.4) is 0 Å². The lowest BCUT2D eigenvalue weighted by Gasteiger charge is -2.38. The van der Waals surface area contributed by atoms with E-state index in [0.717, 1.165) is 48.6 Å². The first-order valence-corrected chi connectivity index (χ1v) is 8.64. The number of thioether (sulfide) groups is 1. The molecule has 1 aromatic heterocycles. The highest BCUT2D eigenvalue weighted by atomic mass is 32.2. The van der Waals surface area contributed by atoms with Crippen LogP contribution in [0.5, 0.6) is 0 Å². The fraction of sp³-hybridized carbons (Fsp3) is 0.733. The van der Waals surface area contributed by atoms with E-state index in [-0.39, 0.29) is 12.0 Å². The van der Waals surface area contributed by atoms with Gasteiger partial charge < -0.3 is 9.84 Å². The average Bonchev–Trinajstić information content (AvgIpc) is 2.98. The third kappa shape index (κ3) is 2.83. The van der Waals surface area contributed by atoms with Crippen molar-refractivity contribution in [1.29, 1.82) is 0 Å². The largest absolute Gasteiger partial charge is 0.481 e. The number of hydrogen-bond donors (Lipinski definition) is 1. The Hall–Kier alpha value is -1.01. The van der Waals surface area contributed by atoms with E-state index in [1.807, 2.05) is 25.6 Å². The van der Waals surface area contributed by atoms with Gasteiger partial charge in [0, 0.05) is 23.6 Å². The SMILES string of the molecule is Cc1nn(C2CCOC3(CCSC3)C2)c(C)c1CC(=O)O. The Morgan fingerprint density at radius 3 is 3.05 bits per heavy atom. The molecule has 0 bridgehead atoms. The highest BCUT2D eigenvalue weighted by Gasteiger charge is 2.41. The second kappa shape index (κ2) is 5.65. The van der Waals surface area contributed by atoms with Gasteiger partial charge in [0.25, 0.3) is 0 Å². The van der Waals surface area contributed by atoms with Crippen LogP contribution in [0, 0.1) is 13.8 Å². The Balaban J connectivity index is 1.84. The summed E-state index contributed by atoms with van der Waals surface area (Å²) in [4.78, 5) is 11.0. The summed E-state index contributed by atoms with van der Waals surface area (Å²) < 4.78 is 8.12. The predicted molar refractivity (Wildman–Crippen MR) is 81.9 cm³/mol. The zero-order valence-corrected chi connectivity index (χ0v) is 13.4. The van der Waals surface area contributed by atoms with Gasteiger partial charge in [-0.25, -0.2) is 0 Å². The molecule has 2 fully saturated rings. The number of aliphatic carboxylic acids is 1. The molecule has 21 heavy (non-hydrogen) atoms. The van der Waals surface area contributed by atoms with E-state index in [9.17, 15) is 4.79 Å². The van der Waals surface area contributed by atoms with Gasteiger partial charge in [0.05, 0.1) is 23.8 Å². The minimum absolute atomic E-state index is 0.0207. The van der Waals surface area contributed by atoms with Crippen LogP contribution in [0.1, 0.15) is 42.3 Å². The van der Waals surface area contributed by atoms with Gasteiger partial charge in [-0.15, -0.1) is 0 Å². The number of hydrogen-bond acceptors (Lipinski definition) is 4. The number of carboxylic acid groups (broad SMARTS) is 1. The van der Waals surface area contributed by atoms with E-state index >= 15 is 0 Å². The quantitative estimate of drug-likeness (QED) is 0.928. The number of carbonyl (C=O) groups is 1. The standard InChI is InChI=1S/C15H22N2O3S/c1-10-13(7-14(18)19)11(2)17(16-10)12-3-5-20-15(8-12)4-6-21-9-15/h12H,3-9H2,1-2H3,(H,18,19). The number of nitrogens with zero attached hydrogens (tertiary/aromatic N) is 2. The van der Waals surface area contributed by atoms with E-state index in [0.29, 0.717) is 6.04 Å². The van der Waals surface area contributed by atoms with Gasteiger partial charge in [-0.05, 0) is 38.9 Å². The van der Waals surface area contributed by atoms with Crippen LogP contribution in [-0.4, -0.2) is 44.6 Å². The van der Waals surface area contributed by atoms with Crippen molar-refractivity contribution in [2.75, 3.05) is 18.1 Å². The molecule has 0 aliphatic carbocycles. The normalized spacial score (nSPS) is 29.1. The summed E-state index contributed by atoms with van der Waals surface area (Å²) in [6, 6.07) is 0.332. The molecule has 0 saturated carbocycles. The van der Waals surface area contributed by atoms with Gasteiger partial charge >= 0.3 is 5.97 Å². The minimum atomic E-state index is -0.795. The van der Waals surface area contributed by atoms with Gasteiger partial charge in [0.15, 0.2) is 0 Å². The van der Waals surface area contributed by atoms with Gasteiger partial charge in [0.1, 0.15) is 0 Å². The monoisotopic (exact) mass is 310 g/mol. The first-order chi connectivity index (χ1) is 10.0. The van der Waals surface area contributed by atoms with E-state index in [1.165, 1.54) is 5.75 Å². The highest BCUT2D eigenvalue weighted by molar-refractivity contribution is 7.99. The van der Waals surface area contributed by atoms with Crippen molar-refractivity contribution >= 4 is 17.7 Å². The lowest BCUT2D eigenvalue weighted by molar-refractivity contribution is -0.136. The van der Waals surface area contributed by atoms with Crippen LogP contribution in [-0.2, 0) is 16.0 Å². The molecule has 0 aromatic carbocycles. The molecular weight excluding hydrogens is 288 g/mol. The Kier molecular flexibility index (Phi) is 4.01. The number of carboxylic acids is 1. The summed E-state index contributed by atoms with van der Waals surface area (Å²) >= 11 is 1.97. The van der Waals surface area contributed by atoms with Crippen molar-refractivity contribution in [2.24, 2.45) is 0 Å².